The number of alkyl halides is 3. The average molecular weight is 663 g/mol. The van der Waals surface area contributed by atoms with Crippen molar-refractivity contribution in [2.24, 2.45) is 0 Å². The van der Waals surface area contributed by atoms with Crippen LogP contribution in [0, 0.1) is 6.92 Å². The Bertz CT molecular complexity index is 1730. The lowest BCUT2D eigenvalue weighted by Crippen LogP contribution is -2.45. The van der Waals surface area contributed by atoms with Crippen molar-refractivity contribution in [3.05, 3.63) is 95.8 Å². The molecule has 0 spiro atoms. The third-order valence-corrected chi connectivity index (χ3v) is 7.89. The number of amides is 3. The number of urea groups is 1. The molecule has 11 nitrogen and oxygen atoms in total. The van der Waals surface area contributed by atoms with E-state index in [0.717, 1.165) is 56.3 Å². The zero-order valence-electron chi connectivity index (χ0n) is 26.8. The Morgan fingerprint density at radius 1 is 0.917 bits per heavy atom. The maximum Gasteiger partial charge on any atom is 0.416 e. The number of likely N-dealkylation sites (N-methyl/N-ethyl adjacent to an activating group) is 1. The van der Waals surface area contributed by atoms with Crippen molar-refractivity contribution in [2.45, 2.75) is 13.1 Å². The van der Waals surface area contributed by atoms with Crippen LogP contribution in [0.3, 0.4) is 0 Å². The number of carbonyl (C=O) groups is 2. The highest BCUT2D eigenvalue weighted by atomic mass is 19.4. The third kappa shape index (κ3) is 9.20. The number of anilines is 5. The monoisotopic (exact) mass is 662 g/mol. The second kappa shape index (κ2) is 15.1. The molecule has 3 N–H and O–H groups in total. The predicted molar refractivity (Wildman–Crippen MR) is 179 cm³/mol. The first-order valence-corrected chi connectivity index (χ1v) is 15.3. The molecule has 0 unspecified atom stereocenters. The number of hydrogen-bond donors (Lipinski definition) is 3. The van der Waals surface area contributed by atoms with Crippen molar-refractivity contribution in [1.29, 1.82) is 0 Å². The number of aromatic nitrogens is 2. The molecule has 14 heteroatoms. The van der Waals surface area contributed by atoms with Crippen molar-refractivity contribution in [3.8, 4) is 5.75 Å². The van der Waals surface area contributed by atoms with E-state index in [4.69, 9.17) is 4.74 Å². The van der Waals surface area contributed by atoms with Crippen LogP contribution in [0.4, 0.5) is 46.7 Å². The second-order valence-corrected chi connectivity index (χ2v) is 11.5. The van der Waals surface area contributed by atoms with Crippen molar-refractivity contribution in [3.63, 3.8) is 0 Å². The molecule has 0 aliphatic carbocycles. The summed E-state index contributed by atoms with van der Waals surface area (Å²) in [4.78, 5) is 40.4. The molecule has 0 atom stereocenters. The fraction of sp³-hybridized carbons (Fsp3) is 0.294. The number of piperazine rings is 1. The Labute approximate surface area is 276 Å². The smallest absolute Gasteiger partial charge is 0.416 e. The Balaban J connectivity index is 1.16. The minimum Gasteiger partial charge on any atom is -0.492 e. The summed E-state index contributed by atoms with van der Waals surface area (Å²) < 4.78 is 45.2. The van der Waals surface area contributed by atoms with Gasteiger partial charge < -0.3 is 25.6 Å². The summed E-state index contributed by atoms with van der Waals surface area (Å²) in [7, 11) is 3.68. The van der Waals surface area contributed by atoms with Crippen LogP contribution in [0.5, 0.6) is 5.75 Å². The largest absolute Gasteiger partial charge is 0.492 e. The van der Waals surface area contributed by atoms with E-state index in [1.165, 1.54) is 29.4 Å². The summed E-state index contributed by atoms with van der Waals surface area (Å²) in [5.41, 5.74) is 1.09. The Morgan fingerprint density at radius 2 is 1.65 bits per heavy atom. The second-order valence-electron chi connectivity index (χ2n) is 11.5. The molecule has 0 radical (unpaired) electrons. The van der Waals surface area contributed by atoms with Crippen LogP contribution in [0.15, 0.2) is 79.1 Å². The summed E-state index contributed by atoms with van der Waals surface area (Å²) in [6.07, 6.45) is -3.23. The standard InChI is InChI=1S/C34H37F3N8O3/c1-23-7-8-27(41-32(46)24-5-4-6-25(19-24)34(35,36)37)20-29(23)42-33(47)44(3)31-21-30(38-22-39-31)40-26-9-11-28(12-10-26)48-18-17-45-15-13-43(2)14-16-45/h4-12,19-22H,13-18H2,1-3H3,(H,41,46)(H,42,47)(H,38,39,40). The van der Waals surface area contributed by atoms with Gasteiger partial charge in [-0.05, 0) is 74.1 Å². The highest BCUT2D eigenvalue weighted by Gasteiger charge is 2.31. The summed E-state index contributed by atoms with van der Waals surface area (Å²) in [6, 6.07) is 17.6. The maximum absolute atomic E-state index is 13.2. The van der Waals surface area contributed by atoms with Gasteiger partial charge in [0.1, 0.15) is 30.3 Å². The molecule has 0 saturated carbocycles. The van der Waals surface area contributed by atoms with Gasteiger partial charge in [-0.3, -0.25) is 14.6 Å². The van der Waals surface area contributed by atoms with Crippen LogP contribution in [-0.4, -0.2) is 85.1 Å². The minimum atomic E-state index is -4.57. The number of benzene rings is 3. The van der Waals surface area contributed by atoms with Gasteiger partial charge in [-0.2, -0.15) is 13.2 Å². The molecule has 252 valence electrons. The molecule has 3 amide bonds. The zero-order chi connectivity index (χ0) is 34.3. The number of halogens is 3. The van der Waals surface area contributed by atoms with E-state index in [1.807, 2.05) is 24.3 Å². The van der Waals surface area contributed by atoms with Gasteiger partial charge in [0.25, 0.3) is 5.91 Å². The number of aryl methyl sites for hydroxylation is 1. The van der Waals surface area contributed by atoms with Crippen LogP contribution >= 0.6 is 0 Å². The van der Waals surface area contributed by atoms with Crippen LogP contribution in [-0.2, 0) is 6.18 Å². The van der Waals surface area contributed by atoms with Crippen molar-refractivity contribution in [2.75, 3.05) is 74.3 Å². The predicted octanol–water partition coefficient (Wildman–Crippen LogP) is 6.09. The molecule has 2 heterocycles. The topological polar surface area (TPSA) is 115 Å². The van der Waals surface area contributed by atoms with Gasteiger partial charge in [0.15, 0.2) is 0 Å². The van der Waals surface area contributed by atoms with Gasteiger partial charge in [0, 0.05) is 68.5 Å². The first kappa shape index (κ1) is 34.1. The minimum absolute atomic E-state index is 0.148. The molecule has 1 aliphatic heterocycles. The molecule has 0 bridgehead atoms. The van der Waals surface area contributed by atoms with E-state index in [2.05, 4.69) is 42.8 Å². The molecular formula is C34H37F3N8O3. The highest BCUT2D eigenvalue weighted by Crippen LogP contribution is 2.30. The number of nitrogens with zero attached hydrogens (tertiary/aromatic N) is 5. The number of ether oxygens (including phenoxy) is 1. The molecule has 1 fully saturated rings. The molecule has 3 aromatic carbocycles. The summed E-state index contributed by atoms with van der Waals surface area (Å²) in [6.45, 7) is 7.48. The lowest BCUT2D eigenvalue weighted by molar-refractivity contribution is -0.137. The number of hydrogen-bond acceptors (Lipinski definition) is 8. The molecule has 1 saturated heterocycles. The fourth-order valence-corrected chi connectivity index (χ4v) is 4.92. The summed E-state index contributed by atoms with van der Waals surface area (Å²) in [5, 5.41) is 8.59. The van der Waals surface area contributed by atoms with E-state index in [0.29, 0.717) is 35.2 Å². The molecule has 1 aromatic heterocycles. The third-order valence-electron chi connectivity index (χ3n) is 7.89. The molecular weight excluding hydrogens is 625 g/mol. The van der Waals surface area contributed by atoms with Gasteiger partial charge in [-0.1, -0.05) is 12.1 Å². The van der Waals surface area contributed by atoms with Crippen LogP contribution < -0.4 is 25.6 Å². The molecule has 5 rings (SSSR count). The van der Waals surface area contributed by atoms with E-state index >= 15 is 0 Å². The van der Waals surface area contributed by atoms with Crippen LogP contribution in [0.25, 0.3) is 0 Å². The Hall–Kier alpha value is -5.21. The van der Waals surface area contributed by atoms with E-state index in [-0.39, 0.29) is 5.56 Å². The van der Waals surface area contributed by atoms with Gasteiger partial charge in [-0.15, -0.1) is 0 Å². The number of nitrogens with one attached hydrogen (secondary N) is 3. The first-order valence-electron chi connectivity index (χ1n) is 15.3. The fourth-order valence-electron chi connectivity index (χ4n) is 4.92. The van der Waals surface area contributed by atoms with Gasteiger partial charge in [0.05, 0.1) is 5.56 Å². The molecule has 4 aromatic rings. The van der Waals surface area contributed by atoms with Crippen LogP contribution in [0.1, 0.15) is 21.5 Å². The Morgan fingerprint density at radius 3 is 2.38 bits per heavy atom. The van der Waals surface area contributed by atoms with E-state index in [1.54, 1.807) is 32.2 Å². The van der Waals surface area contributed by atoms with Crippen molar-refractivity contribution >= 4 is 40.6 Å². The summed E-state index contributed by atoms with van der Waals surface area (Å²) in [5.74, 6) is 0.840. The maximum atomic E-state index is 13.2. The zero-order valence-corrected chi connectivity index (χ0v) is 26.8. The lowest BCUT2D eigenvalue weighted by Gasteiger charge is -2.32. The number of carbonyl (C=O) groups excluding carboxylic acids is 2. The van der Waals surface area contributed by atoms with Crippen molar-refractivity contribution in [1.82, 2.24) is 19.8 Å². The van der Waals surface area contributed by atoms with Gasteiger partial charge in [-0.25, -0.2) is 14.8 Å². The van der Waals surface area contributed by atoms with Crippen LogP contribution in [0.2, 0.25) is 0 Å². The lowest BCUT2D eigenvalue weighted by atomic mass is 10.1. The van der Waals surface area contributed by atoms with Gasteiger partial charge in [0.2, 0.25) is 0 Å². The number of rotatable bonds is 10. The van der Waals surface area contributed by atoms with Crippen molar-refractivity contribution < 1.29 is 27.5 Å². The van der Waals surface area contributed by atoms with E-state index in [9.17, 15) is 22.8 Å². The summed E-state index contributed by atoms with van der Waals surface area (Å²) >= 11 is 0. The first-order chi connectivity index (χ1) is 22.9. The molecule has 1 aliphatic rings. The normalized spacial score (nSPS) is 13.9. The quantitative estimate of drug-likeness (QED) is 0.187. The van der Waals surface area contributed by atoms with E-state index < -0.39 is 23.7 Å². The Kier molecular flexibility index (Phi) is 10.8. The SMILES string of the molecule is Cc1ccc(NC(=O)c2cccc(C(F)(F)F)c2)cc1NC(=O)N(C)c1cc(Nc2ccc(OCCN3CCN(C)CC3)cc2)ncn1. The molecule has 48 heavy (non-hydrogen) atoms. The average Bonchev–Trinajstić information content (AvgIpc) is 3.07. The highest BCUT2D eigenvalue weighted by molar-refractivity contribution is 6.05. The van der Waals surface area contributed by atoms with Gasteiger partial charge >= 0.3 is 12.2 Å².